The van der Waals surface area contributed by atoms with Gasteiger partial charge in [0.15, 0.2) is 0 Å². The van der Waals surface area contributed by atoms with E-state index in [-0.39, 0.29) is 5.82 Å². The fraction of sp³-hybridized carbons (Fsp3) is 0.625. The van der Waals surface area contributed by atoms with Gasteiger partial charge in [0.1, 0.15) is 5.82 Å². The quantitative estimate of drug-likeness (QED) is 0.652. The second-order valence-electron chi connectivity index (χ2n) is 4.81. The molecule has 0 aliphatic heterocycles. The van der Waals surface area contributed by atoms with Crippen molar-refractivity contribution >= 4 is 0 Å². The van der Waals surface area contributed by atoms with E-state index in [1.54, 1.807) is 0 Å². The van der Waals surface area contributed by atoms with Crippen LogP contribution in [0.4, 0.5) is 4.39 Å². The molecule has 0 aliphatic rings. The van der Waals surface area contributed by atoms with Crippen molar-refractivity contribution in [2.24, 2.45) is 0 Å². The van der Waals surface area contributed by atoms with Crippen molar-refractivity contribution in [1.82, 2.24) is 5.32 Å². The third kappa shape index (κ3) is 6.69. The van der Waals surface area contributed by atoms with Crippen molar-refractivity contribution in [3.05, 3.63) is 35.6 Å². The van der Waals surface area contributed by atoms with Crippen molar-refractivity contribution < 1.29 is 9.13 Å². The highest BCUT2D eigenvalue weighted by Gasteiger charge is 2.11. The molecule has 0 amide bonds. The lowest BCUT2D eigenvalue weighted by molar-refractivity contribution is 0.124. The smallest absolute Gasteiger partial charge is 0.123 e. The van der Waals surface area contributed by atoms with Gasteiger partial charge in [-0.3, -0.25) is 0 Å². The van der Waals surface area contributed by atoms with E-state index < -0.39 is 0 Å². The Hall–Kier alpha value is -0.930. The molecule has 108 valence electrons. The molecule has 0 saturated heterocycles. The summed E-state index contributed by atoms with van der Waals surface area (Å²) in [5.41, 5.74) is 1.18. The largest absolute Gasteiger partial charge is 0.381 e. The molecule has 3 heteroatoms. The van der Waals surface area contributed by atoms with Gasteiger partial charge in [0.05, 0.1) is 0 Å². The Morgan fingerprint density at radius 1 is 1.16 bits per heavy atom. The zero-order chi connectivity index (χ0) is 13.9. The first-order chi connectivity index (χ1) is 9.27. The van der Waals surface area contributed by atoms with E-state index in [0.717, 1.165) is 39.1 Å². The molecular weight excluding hydrogens is 241 g/mol. The second kappa shape index (κ2) is 9.93. The Balaban J connectivity index is 2.44. The van der Waals surface area contributed by atoms with Crippen LogP contribution in [0.3, 0.4) is 0 Å². The Morgan fingerprint density at radius 2 is 1.89 bits per heavy atom. The third-order valence-corrected chi connectivity index (χ3v) is 3.24. The van der Waals surface area contributed by atoms with Gasteiger partial charge in [0.2, 0.25) is 0 Å². The minimum Gasteiger partial charge on any atom is -0.381 e. The summed E-state index contributed by atoms with van der Waals surface area (Å²) >= 11 is 0. The van der Waals surface area contributed by atoms with Crippen LogP contribution in [0.25, 0.3) is 0 Å². The normalized spacial score (nSPS) is 12.6. The monoisotopic (exact) mass is 267 g/mol. The molecule has 0 spiro atoms. The molecule has 19 heavy (non-hydrogen) atoms. The molecule has 1 rings (SSSR count). The molecule has 2 nitrogen and oxygen atoms in total. The fourth-order valence-electron chi connectivity index (χ4n) is 2.01. The Labute approximate surface area is 116 Å². The minimum absolute atomic E-state index is 0.176. The minimum atomic E-state index is -0.176. The number of hydrogen-bond donors (Lipinski definition) is 1. The summed E-state index contributed by atoms with van der Waals surface area (Å²) in [6, 6.07) is 6.82. The predicted octanol–water partition coefficient (Wildman–Crippen LogP) is 3.73. The fourth-order valence-corrected chi connectivity index (χ4v) is 2.01. The second-order valence-corrected chi connectivity index (χ2v) is 4.81. The highest BCUT2D eigenvalue weighted by Crippen LogP contribution is 2.19. The number of rotatable bonds is 10. The summed E-state index contributed by atoms with van der Waals surface area (Å²) in [4.78, 5) is 0. The van der Waals surface area contributed by atoms with Gasteiger partial charge in [-0.15, -0.1) is 0 Å². The van der Waals surface area contributed by atoms with Gasteiger partial charge in [-0.1, -0.05) is 32.4 Å². The Morgan fingerprint density at radius 3 is 2.53 bits per heavy atom. The summed E-state index contributed by atoms with van der Waals surface area (Å²) in [6.45, 7) is 7.74. The molecule has 0 heterocycles. The zero-order valence-corrected chi connectivity index (χ0v) is 12.1. The summed E-state index contributed by atoms with van der Waals surface area (Å²) in [6.07, 6.45) is 3.26. The molecule has 0 saturated carbocycles. The van der Waals surface area contributed by atoms with E-state index in [1.807, 2.05) is 12.1 Å². The van der Waals surface area contributed by atoms with Crippen molar-refractivity contribution in [2.45, 2.75) is 39.0 Å². The first-order valence-corrected chi connectivity index (χ1v) is 7.31. The predicted molar refractivity (Wildman–Crippen MR) is 78.0 cm³/mol. The summed E-state index contributed by atoms with van der Waals surface area (Å²) in [5.74, 6) is 0.215. The molecule has 0 bridgehead atoms. The van der Waals surface area contributed by atoms with Crippen LogP contribution in [0.2, 0.25) is 0 Å². The van der Waals surface area contributed by atoms with Gasteiger partial charge in [-0.25, -0.2) is 4.39 Å². The average Bonchev–Trinajstić information content (AvgIpc) is 2.43. The van der Waals surface area contributed by atoms with Gasteiger partial charge < -0.3 is 10.1 Å². The van der Waals surface area contributed by atoms with E-state index in [1.165, 1.54) is 24.1 Å². The maximum absolute atomic E-state index is 13.0. The Kier molecular flexibility index (Phi) is 8.43. The summed E-state index contributed by atoms with van der Waals surface area (Å²) in [5, 5.41) is 3.36. The van der Waals surface area contributed by atoms with Crippen LogP contribution in [0.1, 0.15) is 44.6 Å². The number of nitrogens with one attached hydrogen (secondary N) is 1. The summed E-state index contributed by atoms with van der Waals surface area (Å²) < 4.78 is 18.6. The highest BCUT2D eigenvalue weighted by atomic mass is 19.1. The highest BCUT2D eigenvalue weighted by molar-refractivity contribution is 5.20. The zero-order valence-electron chi connectivity index (χ0n) is 12.1. The number of benzene rings is 1. The van der Waals surface area contributed by atoms with E-state index in [0.29, 0.717) is 5.92 Å². The third-order valence-electron chi connectivity index (χ3n) is 3.24. The van der Waals surface area contributed by atoms with Crippen molar-refractivity contribution in [3.63, 3.8) is 0 Å². The van der Waals surface area contributed by atoms with Crippen molar-refractivity contribution in [1.29, 1.82) is 0 Å². The first-order valence-electron chi connectivity index (χ1n) is 7.31. The van der Waals surface area contributed by atoms with Crippen molar-refractivity contribution in [3.8, 4) is 0 Å². The number of ether oxygens (including phenoxy) is 1. The van der Waals surface area contributed by atoms with Crippen LogP contribution in [0.5, 0.6) is 0 Å². The first kappa shape index (κ1) is 16.1. The lowest BCUT2D eigenvalue weighted by Crippen LogP contribution is -2.22. The standard InChI is InChI=1S/C16H26FNO/c1-3-5-11-19-12-10-15(13-18-4-2)14-6-8-16(17)9-7-14/h6-9,15,18H,3-5,10-13H2,1-2H3. The molecule has 0 aromatic heterocycles. The van der Waals surface area contributed by atoms with Gasteiger partial charge in [0.25, 0.3) is 0 Å². The lowest BCUT2D eigenvalue weighted by atomic mass is 9.96. The van der Waals surface area contributed by atoms with Crippen LogP contribution >= 0.6 is 0 Å². The van der Waals surface area contributed by atoms with Crippen LogP contribution in [0.15, 0.2) is 24.3 Å². The molecule has 1 aromatic carbocycles. The Bertz CT molecular complexity index is 326. The molecule has 1 N–H and O–H groups in total. The SMILES string of the molecule is CCCCOCCC(CNCC)c1ccc(F)cc1. The summed E-state index contributed by atoms with van der Waals surface area (Å²) in [7, 11) is 0. The van der Waals surface area contributed by atoms with Crippen molar-refractivity contribution in [2.75, 3.05) is 26.3 Å². The van der Waals surface area contributed by atoms with E-state index in [4.69, 9.17) is 4.74 Å². The molecule has 1 aromatic rings. The average molecular weight is 267 g/mol. The molecule has 0 aliphatic carbocycles. The van der Waals surface area contributed by atoms with Gasteiger partial charge in [-0.05, 0) is 43.0 Å². The van der Waals surface area contributed by atoms with E-state index in [2.05, 4.69) is 19.2 Å². The van der Waals surface area contributed by atoms with E-state index in [9.17, 15) is 4.39 Å². The van der Waals surface area contributed by atoms with Gasteiger partial charge in [0, 0.05) is 19.8 Å². The molecule has 1 unspecified atom stereocenters. The number of unbranched alkanes of at least 4 members (excludes halogenated alkanes) is 1. The number of hydrogen-bond acceptors (Lipinski definition) is 2. The van der Waals surface area contributed by atoms with Crippen LogP contribution in [-0.2, 0) is 4.74 Å². The maximum atomic E-state index is 13.0. The lowest BCUT2D eigenvalue weighted by Gasteiger charge is -2.18. The number of likely N-dealkylation sites (N-methyl/N-ethyl adjacent to an activating group) is 1. The topological polar surface area (TPSA) is 21.3 Å². The maximum Gasteiger partial charge on any atom is 0.123 e. The number of halogens is 1. The van der Waals surface area contributed by atoms with Crippen LogP contribution < -0.4 is 5.32 Å². The van der Waals surface area contributed by atoms with Gasteiger partial charge >= 0.3 is 0 Å². The van der Waals surface area contributed by atoms with Gasteiger partial charge in [-0.2, -0.15) is 0 Å². The molecule has 0 radical (unpaired) electrons. The van der Waals surface area contributed by atoms with E-state index >= 15 is 0 Å². The molecular formula is C16H26FNO. The molecule has 1 atom stereocenters. The molecule has 0 fully saturated rings. The van der Waals surface area contributed by atoms with Crippen LogP contribution in [-0.4, -0.2) is 26.3 Å². The van der Waals surface area contributed by atoms with Crippen LogP contribution in [0, 0.1) is 5.82 Å².